The molecular formula is C24H24N2O2S. The number of nitrogens with zero attached hydrogens (tertiary/aromatic N) is 1. The van der Waals surface area contributed by atoms with Crippen molar-refractivity contribution in [2.75, 3.05) is 4.90 Å². The van der Waals surface area contributed by atoms with Gasteiger partial charge in [0.25, 0.3) is 0 Å². The molecule has 2 aromatic carbocycles. The van der Waals surface area contributed by atoms with Crippen molar-refractivity contribution in [1.29, 1.82) is 0 Å². The van der Waals surface area contributed by atoms with Gasteiger partial charge in [-0.1, -0.05) is 54.1 Å². The third-order valence-electron chi connectivity index (χ3n) is 5.39. The van der Waals surface area contributed by atoms with E-state index >= 15 is 0 Å². The molecule has 0 saturated carbocycles. The van der Waals surface area contributed by atoms with Crippen LogP contribution in [0.3, 0.4) is 0 Å². The first kappa shape index (κ1) is 19.4. The predicted molar refractivity (Wildman–Crippen MR) is 117 cm³/mol. The van der Waals surface area contributed by atoms with Crippen LogP contribution in [0.25, 0.3) is 0 Å². The third-order valence-corrected chi connectivity index (χ3v) is 6.33. The lowest BCUT2D eigenvalue weighted by Crippen LogP contribution is -2.48. The van der Waals surface area contributed by atoms with E-state index in [2.05, 4.69) is 5.32 Å². The van der Waals surface area contributed by atoms with E-state index in [-0.39, 0.29) is 23.8 Å². The summed E-state index contributed by atoms with van der Waals surface area (Å²) in [6, 6.07) is 21.6. The fraction of sp³-hybridized carbons (Fsp3) is 0.250. The first-order chi connectivity index (χ1) is 14.1. The van der Waals surface area contributed by atoms with Crippen molar-refractivity contribution in [2.24, 2.45) is 5.92 Å². The van der Waals surface area contributed by atoms with Crippen molar-refractivity contribution in [3.8, 4) is 0 Å². The largest absolute Gasteiger partial charge is 0.352 e. The van der Waals surface area contributed by atoms with Crippen LogP contribution in [0.5, 0.6) is 0 Å². The maximum Gasteiger partial charge on any atom is 0.227 e. The second kappa shape index (κ2) is 8.62. The molecule has 0 bridgehead atoms. The first-order valence-electron chi connectivity index (χ1n) is 9.87. The minimum Gasteiger partial charge on any atom is -0.352 e. The molecular weight excluding hydrogens is 380 g/mol. The number of anilines is 1. The fourth-order valence-electron chi connectivity index (χ4n) is 3.88. The van der Waals surface area contributed by atoms with Crippen LogP contribution in [0.2, 0.25) is 0 Å². The van der Waals surface area contributed by atoms with E-state index in [1.54, 1.807) is 11.3 Å². The van der Waals surface area contributed by atoms with Gasteiger partial charge in [0.2, 0.25) is 11.8 Å². The summed E-state index contributed by atoms with van der Waals surface area (Å²) in [5.41, 5.74) is 3.05. The minimum absolute atomic E-state index is 0.00290. The van der Waals surface area contributed by atoms with E-state index in [1.807, 2.05) is 83.9 Å². The number of thiophene rings is 1. The van der Waals surface area contributed by atoms with Crippen LogP contribution in [0.15, 0.2) is 72.1 Å². The molecule has 1 N–H and O–H groups in total. The Morgan fingerprint density at radius 2 is 1.83 bits per heavy atom. The van der Waals surface area contributed by atoms with E-state index < -0.39 is 0 Å². The van der Waals surface area contributed by atoms with Gasteiger partial charge in [-0.05, 0) is 42.5 Å². The molecule has 1 aromatic heterocycles. The Hall–Kier alpha value is -2.92. The highest BCUT2D eigenvalue weighted by Gasteiger charge is 2.41. The normalized spacial score (nSPS) is 19.2. The molecule has 0 radical (unpaired) electrons. The highest BCUT2D eigenvalue weighted by atomic mass is 32.1. The highest BCUT2D eigenvalue weighted by molar-refractivity contribution is 7.10. The molecule has 4 nitrogen and oxygen atoms in total. The lowest BCUT2D eigenvalue weighted by atomic mass is 9.86. The maximum absolute atomic E-state index is 13.2. The Morgan fingerprint density at radius 1 is 1.07 bits per heavy atom. The standard InChI is InChI=1S/C24H24N2O2S/c1-17-9-11-19(12-10-17)26-22(27)14-13-20(23(26)21-8-5-15-29-21)24(28)25-16-18-6-3-2-4-7-18/h2-12,15,20,23H,13-14,16H2,1H3,(H,25,28)/t20-,23+/m1/s1. The summed E-state index contributed by atoms with van der Waals surface area (Å²) < 4.78 is 0. The molecule has 1 fully saturated rings. The average Bonchev–Trinajstić information content (AvgIpc) is 3.28. The minimum atomic E-state index is -0.283. The molecule has 5 heteroatoms. The van der Waals surface area contributed by atoms with Crippen molar-refractivity contribution < 1.29 is 9.59 Å². The van der Waals surface area contributed by atoms with Crippen molar-refractivity contribution in [1.82, 2.24) is 5.32 Å². The number of hydrogen-bond donors (Lipinski definition) is 1. The second-order valence-electron chi connectivity index (χ2n) is 7.41. The van der Waals surface area contributed by atoms with Gasteiger partial charge in [-0.15, -0.1) is 11.3 Å². The molecule has 2 heterocycles. The molecule has 0 spiro atoms. The van der Waals surface area contributed by atoms with Gasteiger partial charge in [0.1, 0.15) is 0 Å². The van der Waals surface area contributed by atoms with Crippen LogP contribution in [0.4, 0.5) is 5.69 Å². The van der Waals surface area contributed by atoms with Crippen molar-refractivity contribution >= 4 is 28.8 Å². The highest BCUT2D eigenvalue weighted by Crippen LogP contribution is 2.41. The lowest BCUT2D eigenvalue weighted by Gasteiger charge is -2.40. The smallest absolute Gasteiger partial charge is 0.227 e. The molecule has 0 unspecified atom stereocenters. The number of piperidine rings is 1. The number of amides is 2. The molecule has 2 amide bonds. The lowest BCUT2D eigenvalue weighted by molar-refractivity contribution is -0.129. The zero-order valence-electron chi connectivity index (χ0n) is 16.4. The van der Waals surface area contributed by atoms with Gasteiger partial charge in [0, 0.05) is 23.5 Å². The van der Waals surface area contributed by atoms with E-state index in [0.717, 1.165) is 21.7 Å². The van der Waals surface area contributed by atoms with Crippen molar-refractivity contribution in [3.05, 3.63) is 88.1 Å². The summed E-state index contributed by atoms with van der Waals surface area (Å²) in [5.74, 6) is -0.215. The summed E-state index contributed by atoms with van der Waals surface area (Å²) in [5, 5.41) is 5.08. The summed E-state index contributed by atoms with van der Waals surface area (Å²) in [6.45, 7) is 2.52. The van der Waals surface area contributed by atoms with E-state index in [4.69, 9.17) is 0 Å². The first-order valence-corrected chi connectivity index (χ1v) is 10.8. The monoisotopic (exact) mass is 404 g/mol. The Morgan fingerprint density at radius 3 is 2.52 bits per heavy atom. The molecule has 0 aliphatic carbocycles. The van der Waals surface area contributed by atoms with Gasteiger partial charge in [0.05, 0.1) is 12.0 Å². The van der Waals surface area contributed by atoms with Crippen LogP contribution >= 0.6 is 11.3 Å². The van der Waals surface area contributed by atoms with Crippen LogP contribution < -0.4 is 10.2 Å². The van der Waals surface area contributed by atoms with Crippen LogP contribution in [0, 0.1) is 12.8 Å². The fourth-order valence-corrected chi connectivity index (χ4v) is 4.76. The van der Waals surface area contributed by atoms with Crippen LogP contribution in [-0.2, 0) is 16.1 Å². The zero-order valence-corrected chi connectivity index (χ0v) is 17.2. The van der Waals surface area contributed by atoms with E-state index in [0.29, 0.717) is 19.4 Å². The number of hydrogen-bond acceptors (Lipinski definition) is 3. The Labute approximate surface area is 175 Å². The SMILES string of the molecule is Cc1ccc(N2C(=O)CC[C@@H](C(=O)NCc3ccccc3)[C@H]2c2cccs2)cc1. The number of carbonyl (C=O) groups excluding carboxylic acids is 2. The van der Waals surface area contributed by atoms with E-state index in [9.17, 15) is 9.59 Å². The Balaban J connectivity index is 1.62. The van der Waals surface area contributed by atoms with Crippen molar-refractivity contribution in [2.45, 2.75) is 32.4 Å². The molecule has 148 valence electrons. The number of benzene rings is 2. The molecule has 1 aliphatic rings. The predicted octanol–water partition coefficient (Wildman–Crippen LogP) is 4.86. The van der Waals surface area contributed by atoms with Crippen molar-refractivity contribution in [3.63, 3.8) is 0 Å². The van der Waals surface area contributed by atoms with Crippen LogP contribution in [0.1, 0.15) is 34.9 Å². The molecule has 2 atom stereocenters. The van der Waals surface area contributed by atoms with Gasteiger partial charge in [-0.2, -0.15) is 0 Å². The number of rotatable bonds is 5. The van der Waals surface area contributed by atoms with Gasteiger partial charge < -0.3 is 10.2 Å². The quantitative estimate of drug-likeness (QED) is 0.660. The Kier molecular flexibility index (Phi) is 5.76. The molecule has 1 saturated heterocycles. The summed E-state index contributed by atoms with van der Waals surface area (Å²) in [7, 11) is 0. The van der Waals surface area contributed by atoms with Gasteiger partial charge in [-0.3, -0.25) is 9.59 Å². The molecule has 1 aliphatic heterocycles. The molecule has 4 rings (SSSR count). The van der Waals surface area contributed by atoms with E-state index in [1.165, 1.54) is 0 Å². The second-order valence-corrected chi connectivity index (χ2v) is 8.39. The van der Waals surface area contributed by atoms with Gasteiger partial charge in [0.15, 0.2) is 0 Å². The number of nitrogens with one attached hydrogen (secondary N) is 1. The number of aryl methyl sites for hydroxylation is 1. The molecule has 29 heavy (non-hydrogen) atoms. The third kappa shape index (κ3) is 4.25. The number of carbonyl (C=O) groups is 2. The van der Waals surface area contributed by atoms with Crippen LogP contribution in [-0.4, -0.2) is 11.8 Å². The average molecular weight is 405 g/mol. The summed E-state index contributed by atoms with van der Waals surface area (Å²) in [6.07, 6.45) is 0.934. The Bertz CT molecular complexity index is 968. The van der Waals surface area contributed by atoms with Gasteiger partial charge >= 0.3 is 0 Å². The topological polar surface area (TPSA) is 49.4 Å². The summed E-state index contributed by atoms with van der Waals surface area (Å²) >= 11 is 1.59. The molecule has 3 aromatic rings. The zero-order chi connectivity index (χ0) is 20.2. The summed E-state index contributed by atoms with van der Waals surface area (Å²) in [4.78, 5) is 29.0. The van der Waals surface area contributed by atoms with Gasteiger partial charge in [-0.25, -0.2) is 0 Å². The maximum atomic E-state index is 13.2.